The fraction of sp³-hybridized carbons (Fsp3) is 0.353. The molecule has 21 heavy (non-hydrogen) atoms. The van der Waals surface area contributed by atoms with Gasteiger partial charge in [-0.1, -0.05) is 30.7 Å². The Kier molecular flexibility index (Phi) is 4.86. The average molecular weight is 306 g/mol. The van der Waals surface area contributed by atoms with Crippen LogP contribution in [-0.2, 0) is 6.54 Å². The lowest BCUT2D eigenvalue weighted by Crippen LogP contribution is -2.25. The molecule has 0 spiro atoms. The molecule has 0 aliphatic rings. The Balaban J connectivity index is 2.49. The summed E-state index contributed by atoms with van der Waals surface area (Å²) in [6.45, 7) is 12.3. The van der Waals surface area contributed by atoms with Gasteiger partial charge in [0, 0.05) is 29.6 Å². The number of fused-ring (bicyclic) bond motifs is 1. The number of rotatable bonds is 5. The molecule has 0 unspecified atom stereocenters. The number of hydrogen-bond donors (Lipinski definition) is 0. The van der Waals surface area contributed by atoms with Crippen molar-refractivity contribution in [3.8, 4) is 0 Å². The Morgan fingerprint density at radius 2 is 2.10 bits per heavy atom. The van der Waals surface area contributed by atoms with Gasteiger partial charge in [-0.2, -0.15) is 0 Å². The van der Waals surface area contributed by atoms with Gasteiger partial charge >= 0.3 is 5.63 Å². The van der Waals surface area contributed by atoms with Gasteiger partial charge in [0.1, 0.15) is 5.58 Å². The second kappa shape index (κ2) is 6.46. The van der Waals surface area contributed by atoms with Crippen molar-refractivity contribution in [3.63, 3.8) is 0 Å². The van der Waals surface area contributed by atoms with E-state index >= 15 is 0 Å². The molecule has 0 bridgehead atoms. The first-order chi connectivity index (χ1) is 9.90. The number of benzene rings is 1. The molecule has 0 fully saturated rings. The summed E-state index contributed by atoms with van der Waals surface area (Å²) in [7, 11) is 0. The maximum atomic E-state index is 11.8. The van der Waals surface area contributed by atoms with Gasteiger partial charge in [0.2, 0.25) is 0 Å². The van der Waals surface area contributed by atoms with Crippen LogP contribution in [0.3, 0.4) is 0 Å². The zero-order chi connectivity index (χ0) is 15.6. The lowest BCUT2D eigenvalue weighted by atomic mass is 10.1. The standard InChI is InChI=1S/C17H20ClNO2/c1-5-19(9-11(2)3)10-13-7-17(20)21-16-6-12(4)15(18)8-14(13)16/h6-8H,2,5,9-10H2,1,3-4H3. The SMILES string of the molecule is C=C(C)CN(CC)Cc1cc(=O)oc2cc(C)c(Cl)cc12. The van der Waals surface area contributed by atoms with E-state index in [9.17, 15) is 4.79 Å². The van der Waals surface area contributed by atoms with Crippen LogP contribution in [0.25, 0.3) is 11.0 Å². The summed E-state index contributed by atoms with van der Waals surface area (Å²) in [5.74, 6) is 0. The predicted octanol–water partition coefficient (Wildman–Crippen LogP) is 4.15. The van der Waals surface area contributed by atoms with Gasteiger partial charge < -0.3 is 4.42 Å². The second-order valence-electron chi connectivity index (χ2n) is 5.45. The van der Waals surface area contributed by atoms with E-state index in [1.165, 1.54) is 0 Å². The van der Waals surface area contributed by atoms with E-state index in [1.54, 1.807) is 6.07 Å². The molecule has 112 valence electrons. The summed E-state index contributed by atoms with van der Waals surface area (Å²) in [5, 5.41) is 1.57. The zero-order valence-corrected chi connectivity index (χ0v) is 13.5. The molecule has 0 amide bonds. The molecule has 0 atom stereocenters. The molecular weight excluding hydrogens is 286 g/mol. The van der Waals surface area contributed by atoms with Crippen LogP contribution >= 0.6 is 11.6 Å². The molecule has 2 rings (SSSR count). The van der Waals surface area contributed by atoms with Crippen molar-refractivity contribution in [3.05, 3.63) is 56.9 Å². The topological polar surface area (TPSA) is 33.5 Å². The quantitative estimate of drug-likeness (QED) is 0.614. The highest BCUT2D eigenvalue weighted by Crippen LogP contribution is 2.26. The van der Waals surface area contributed by atoms with Crippen molar-refractivity contribution in [1.82, 2.24) is 4.90 Å². The molecule has 0 aliphatic carbocycles. The minimum absolute atomic E-state index is 0.328. The summed E-state index contributed by atoms with van der Waals surface area (Å²) >= 11 is 6.21. The third-order valence-corrected chi connectivity index (χ3v) is 3.85. The van der Waals surface area contributed by atoms with E-state index in [4.69, 9.17) is 16.0 Å². The number of hydrogen-bond acceptors (Lipinski definition) is 3. The van der Waals surface area contributed by atoms with Gasteiger partial charge in [-0.3, -0.25) is 4.90 Å². The molecule has 2 aromatic rings. The number of aryl methyl sites for hydroxylation is 1. The Morgan fingerprint density at radius 3 is 2.71 bits per heavy atom. The van der Waals surface area contributed by atoms with Gasteiger partial charge in [-0.05, 0) is 43.7 Å². The van der Waals surface area contributed by atoms with Crippen LogP contribution in [0, 0.1) is 6.92 Å². The van der Waals surface area contributed by atoms with Gasteiger partial charge in [0.05, 0.1) is 0 Å². The van der Waals surface area contributed by atoms with Crippen LogP contribution in [0.4, 0.5) is 0 Å². The molecular formula is C17H20ClNO2. The van der Waals surface area contributed by atoms with Crippen molar-refractivity contribution in [2.45, 2.75) is 27.3 Å². The van der Waals surface area contributed by atoms with Crippen LogP contribution < -0.4 is 5.63 Å². The minimum Gasteiger partial charge on any atom is -0.423 e. The average Bonchev–Trinajstić information content (AvgIpc) is 2.39. The predicted molar refractivity (Wildman–Crippen MR) is 88.0 cm³/mol. The monoisotopic (exact) mass is 305 g/mol. The largest absolute Gasteiger partial charge is 0.423 e. The molecule has 1 aromatic heterocycles. The van der Waals surface area contributed by atoms with Crippen molar-refractivity contribution < 1.29 is 4.42 Å². The highest BCUT2D eigenvalue weighted by molar-refractivity contribution is 6.32. The van der Waals surface area contributed by atoms with Crippen LogP contribution in [0.2, 0.25) is 5.02 Å². The molecule has 0 aliphatic heterocycles. The van der Waals surface area contributed by atoms with Crippen LogP contribution in [0.15, 0.2) is 39.6 Å². The Labute approximate surface area is 129 Å². The molecule has 0 saturated carbocycles. The van der Waals surface area contributed by atoms with E-state index in [1.807, 2.05) is 26.0 Å². The number of likely N-dealkylation sites (N-methyl/N-ethyl adjacent to an activating group) is 1. The first-order valence-corrected chi connectivity index (χ1v) is 7.38. The molecule has 0 saturated heterocycles. The van der Waals surface area contributed by atoms with E-state index in [0.29, 0.717) is 17.2 Å². The molecule has 3 nitrogen and oxygen atoms in total. The summed E-state index contributed by atoms with van der Waals surface area (Å²) < 4.78 is 5.28. The lowest BCUT2D eigenvalue weighted by Gasteiger charge is -2.21. The van der Waals surface area contributed by atoms with Crippen molar-refractivity contribution in [2.24, 2.45) is 0 Å². The van der Waals surface area contributed by atoms with Gasteiger partial charge in [-0.25, -0.2) is 4.79 Å². The van der Waals surface area contributed by atoms with E-state index < -0.39 is 0 Å². The second-order valence-corrected chi connectivity index (χ2v) is 5.86. The highest BCUT2D eigenvalue weighted by Gasteiger charge is 2.11. The van der Waals surface area contributed by atoms with Crippen LogP contribution in [0.5, 0.6) is 0 Å². The smallest absolute Gasteiger partial charge is 0.336 e. The maximum Gasteiger partial charge on any atom is 0.336 e. The molecule has 1 aromatic carbocycles. The third kappa shape index (κ3) is 3.74. The summed E-state index contributed by atoms with van der Waals surface area (Å²) in [5.41, 5.74) is 3.19. The number of nitrogens with zero attached hydrogens (tertiary/aromatic N) is 1. The Bertz CT molecular complexity index is 733. The van der Waals surface area contributed by atoms with Crippen molar-refractivity contribution in [1.29, 1.82) is 0 Å². The summed E-state index contributed by atoms with van der Waals surface area (Å²) in [6, 6.07) is 5.24. The van der Waals surface area contributed by atoms with Crippen molar-refractivity contribution in [2.75, 3.05) is 13.1 Å². The fourth-order valence-corrected chi connectivity index (χ4v) is 2.54. The molecule has 1 heterocycles. The first kappa shape index (κ1) is 15.8. The fourth-order valence-electron chi connectivity index (χ4n) is 2.38. The van der Waals surface area contributed by atoms with Crippen LogP contribution in [0.1, 0.15) is 25.0 Å². The normalized spacial score (nSPS) is 11.3. The summed E-state index contributed by atoms with van der Waals surface area (Å²) in [4.78, 5) is 14.0. The number of halogens is 1. The maximum absolute atomic E-state index is 11.8. The zero-order valence-electron chi connectivity index (χ0n) is 12.7. The van der Waals surface area contributed by atoms with Crippen molar-refractivity contribution >= 4 is 22.6 Å². The Hall–Kier alpha value is -1.58. The van der Waals surface area contributed by atoms with E-state index in [0.717, 1.165) is 35.2 Å². The van der Waals surface area contributed by atoms with Gasteiger partial charge in [0.15, 0.2) is 0 Å². The Morgan fingerprint density at radius 1 is 1.38 bits per heavy atom. The van der Waals surface area contributed by atoms with Crippen LogP contribution in [-0.4, -0.2) is 18.0 Å². The summed E-state index contributed by atoms with van der Waals surface area (Å²) in [6.07, 6.45) is 0. The van der Waals surface area contributed by atoms with Gasteiger partial charge in [0.25, 0.3) is 0 Å². The minimum atomic E-state index is -0.328. The lowest BCUT2D eigenvalue weighted by molar-refractivity contribution is 0.305. The van der Waals surface area contributed by atoms with E-state index in [-0.39, 0.29) is 5.63 Å². The third-order valence-electron chi connectivity index (χ3n) is 3.44. The molecule has 0 radical (unpaired) electrons. The van der Waals surface area contributed by atoms with E-state index in [2.05, 4.69) is 18.4 Å². The van der Waals surface area contributed by atoms with Gasteiger partial charge in [-0.15, -0.1) is 0 Å². The highest BCUT2D eigenvalue weighted by atomic mass is 35.5. The first-order valence-electron chi connectivity index (χ1n) is 7.00. The molecule has 0 N–H and O–H groups in total. The molecule has 4 heteroatoms.